The summed E-state index contributed by atoms with van der Waals surface area (Å²) in [5.74, 6) is 0. The lowest BCUT2D eigenvalue weighted by atomic mass is 9.96. The van der Waals surface area contributed by atoms with Gasteiger partial charge in [-0.05, 0) is 18.9 Å². The highest BCUT2D eigenvalue weighted by molar-refractivity contribution is 5.78. The maximum atomic E-state index is 4.59. The van der Waals surface area contributed by atoms with Gasteiger partial charge in [-0.2, -0.15) is 0 Å². The zero-order valence-corrected chi connectivity index (χ0v) is 8.39. The Bertz CT molecular complexity index is 286. The van der Waals surface area contributed by atoms with Gasteiger partial charge in [0, 0.05) is 30.2 Å². The number of hydrogen-bond acceptors (Lipinski definition) is 2. The molecule has 0 spiro atoms. The van der Waals surface area contributed by atoms with E-state index < -0.39 is 0 Å². The summed E-state index contributed by atoms with van der Waals surface area (Å²) in [6.07, 6.45) is 12.2. The Hall–Kier alpha value is -1.18. The van der Waals surface area contributed by atoms with Crippen LogP contribution in [0.3, 0.4) is 0 Å². The highest BCUT2D eigenvalue weighted by atomic mass is 14.8. The molecule has 74 valence electrons. The molecular formula is C12H16N2. The van der Waals surface area contributed by atoms with E-state index in [2.05, 4.69) is 9.98 Å². The van der Waals surface area contributed by atoms with Crippen molar-refractivity contribution >= 4 is 6.21 Å². The zero-order valence-electron chi connectivity index (χ0n) is 8.39. The fraction of sp³-hybridized carbons (Fsp3) is 0.500. The SMILES string of the molecule is C(=NC1CCCCC1)c1cccnc1. The third kappa shape index (κ3) is 2.66. The molecule has 0 radical (unpaired) electrons. The van der Waals surface area contributed by atoms with Gasteiger partial charge < -0.3 is 0 Å². The van der Waals surface area contributed by atoms with Gasteiger partial charge in [-0.1, -0.05) is 25.3 Å². The largest absolute Gasteiger partial charge is 0.289 e. The van der Waals surface area contributed by atoms with E-state index in [1.165, 1.54) is 32.1 Å². The van der Waals surface area contributed by atoms with Crippen LogP contribution in [0.5, 0.6) is 0 Å². The summed E-state index contributed by atoms with van der Waals surface area (Å²) in [5.41, 5.74) is 1.11. The number of aromatic nitrogens is 1. The molecule has 0 N–H and O–H groups in total. The van der Waals surface area contributed by atoms with E-state index in [1.807, 2.05) is 24.5 Å². The van der Waals surface area contributed by atoms with Crippen LogP contribution in [0.2, 0.25) is 0 Å². The molecule has 1 saturated carbocycles. The molecular weight excluding hydrogens is 172 g/mol. The predicted octanol–water partition coefficient (Wildman–Crippen LogP) is 2.83. The molecule has 2 rings (SSSR count). The van der Waals surface area contributed by atoms with Crippen molar-refractivity contribution in [2.45, 2.75) is 38.1 Å². The molecule has 0 amide bonds. The highest BCUT2D eigenvalue weighted by Crippen LogP contribution is 2.19. The van der Waals surface area contributed by atoms with Crippen molar-refractivity contribution in [2.24, 2.45) is 4.99 Å². The lowest BCUT2D eigenvalue weighted by Crippen LogP contribution is -2.09. The van der Waals surface area contributed by atoms with E-state index in [-0.39, 0.29) is 0 Å². The molecule has 1 aliphatic carbocycles. The minimum atomic E-state index is 0.559. The molecule has 0 aliphatic heterocycles. The van der Waals surface area contributed by atoms with E-state index in [0.717, 1.165) is 5.56 Å². The Labute approximate surface area is 85.1 Å². The van der Waals surface area contributed by atoms with Gasteiger partial charge in [0.25, 0.3) is 0 Å². The summed E-state index contributed by atoms with van der Waals surface area (Å²) in [7, 11) is 0. The molecule has 1 aliphatic rings. The van der Waals surface area contributed by atoms with E-state index >= 15 is 0 Å². The molecule has 14 heavy (non-hydrogen) atoms. The third-order valence-electron chi connectivity index (χ3n) is 2.69. The van der Waals surface area contributed by atoms with Crippen LogP contribution in [0.4, 0.5) is 0 Å². The van der Waals surface area contributed by atoms with Gasteiger partial charge in [0.1, 0.15) is 0 Å². The minimum Gasteiger partial charge on any atom is -0.289 e. The van der Waals surface area contributed by atoms with Crippen LogP contribution in [-0.4, -0.2) is 17.2 Å². The first-order valence-corrected chi connectivity index (χ1v) is 5.38. The summed E-state index contributed by atoms with van der Waals surface area (Å²) < 4.78 is 0. The Morgan fingerprint density at radius 1 is 1.29 bits per heavy atom. The summed E-state index contributed by atoms with van der Waals surface area (Å²) >= 11 is 0. The monoisotopic (exact) mass is 188 g/mol. The van der Waals surface area contributed by atoms with Crippen LogP contribution >= 0.6 is 0 Å². The predicted molar refractivity (Wildman–Crippen MR) is 58.7 cm³/mol. The van der Waals surface area contributed by atoms with E-state index in [1.54, 1.807) is 6.20 Å². The molecule has 2 nitrogen and oxygen atoms in total. The number of hydrogen-bond donors (Lipinski definition) is 0. The van der Waals surface area contributed by atoms with Gasteiger partial charge in [0.2, 0.25) is 0 Å². The standard InChI is InChI=1S/C12H16N2/c1-2-6-12(7-3-1)14-10-11-5-4-8-13-9-11/h4-5,8-10,12H,1-3,6-7H2. The fourth-order valence-electron chi connectivity index (χ4n) is 1.87. The normalized spacial score (nSPS) is 18.9. The van der Waals surface area contributed by atoms with Crippen LogP contribution in [0.15, 0.2) is 29.5 Å². The first kappa shape index (κ1) is 9.38. The molecule has 0 bridgehead atoms. The average Bonchev–Trinajstić information content (AvgIpc) is 2.29. The molecule has 0 aromatic carbocycles. The van der Waals surface area contributed by atoms with Crippen LogP contribution in [0, 0.1) is 0 Å². The first-order chi connectivity index (χ1) is 6.95. The summed E-state index contributed by atoms with van der Waals surface area (Å²) in [6.45, 7) is 0. The van der Waals surface area contributed by atoms with Gasteiger partial charge in [-0.25, -0.2) is 0 Å². The summed E-state index contributed by atoms with van der Waals surface area (Å²) in [4.78, 5) is 8.65. The Kier molecular flexibility index (Phi) is 3.28. The molecule has 1 heterocycles. The number of nitrogens with zero attached hydrogens (tertiary/aromatic N) is 2. The summed E-state index contributed by atoms with van der Waals surface area (Å²) in [6, 6.07) is 4.55. The van der Waals surface area contributed by atoms with Gasteiger partial charge in [0.05, 0.1) is 0 Å². The first-order valence-electron chi connectivity index (χ1n) is 5.38. The maximum absolute atomic E-state index is 4.59. The van der Waals surface area contributed by atoms with Crippen molar-refractivity contribution < 1.29 is 0 Å². The molecule has 1 fully saturated rings. The second-order valence-corrected chi connectivity index (χ2v) is 3.86. The maximum Gasteiger partial charge on any atom is 0.0499 e. The second-order valence-electron chi connectivity index (χ2n) is 3.86. The number of rotatable bonds is 2. The van der Waals surface area contributed by atoms with Crippen molar-refractivity contribution in [3.8, 4) is 0 Å². The van der Waals surface area contributed by atoms with Crippen LogP contribution in [0.25, 0.3) is 0 Å². The molecule has 1 aromatic heterocycles. The van der Waals surface area contributed by atoms with Crippen LogP contribution < -0.4 is 0 Å². The smallest absolute Gasteiger partial charge is 0.0499 e. The van der Waals surface area contributed by atoms with Crippen molar-refractivity contribution in [3.05, 3.63) is 30.1 Å². The quantitative estimate of drug-likeness (QED) is 0.655. The van der Waals surface area contributed by atoms with Crippen molar-refractivity contribution in [1.82, 2.24) is 4.98 Å². The third-order valence-corrected chi connectivity index (χ3v) is 2.69. The summed E-state index contributed by atoms with van der Waals surface area (Å²) in [5, 5.41) is 0. The molecule has 2 heteroatoms. The average molecular weight is 188 g/mol. The Morgan fingerprint density at radius 2 is 2.14 bits per heavy atom. The van der Waals surface area contributed by atoms with E-state index in [9.17, 15) is 0 Å². The fourth-order valence-corrected chi connectivity index (χ4v) is 1.87. The van der Waals surface area contributed by atoms with Crippen LogP contribution in [-0.2, 0) is 0 Å². The number of aliphatic imine (C=N–C) groups is 1. The second kappa shape index (κ2) is 4.89. The van der Waals surface area contributed by atoms with Gasteiger partial charge in [0.15, 0.2) is 0 Å². The lowest BCUT2D eigenvalue weighted by molar-refractivity contribution is 0.444. The van der Waals surface area contributed by atoms with Gasteiger partial charge >= 0.3 is 0 Å². The highest BCUT2D eigenvalue weighted by Gasteiger charge is 2.10. The Balaban J connectivity index is 1.93. The van der Waals surface area contributed by atoms with E-state index in [4.69, 9.17) is 0 Å². The van der Waals surface area contributed by atoms with Gasteiger partial charge in [-0.3, -0.25) is 9.98 Å². The zero-order chi connectivity index (χ0) is 9.64. The molecule has 0 atom stereocenters. The molecule has 1 aromatic rings. The molecule has 0 unspecified atom stereocenters. The van der Waals surface area contributed by atoms with Crippen molar-refractivity contribution in [2.75, 3.05) is 0 Å². The Morgan fingerprint density at radius 3 is 2.86 bits per heavy atom. The van der Waals surface area contributed by atoms with E-state index in [0.29, 0.717) is 6.04 Å². The minimum absolute atomic E-state index is 0.559. The van der Waals surface area contributed by atoms with Crippen molar-refractivity contribution in [3.63, 3.8) is 0 Å². The number of pyridine rings is 1. The topological polar surface area (TPSA) is 25.2 Å². The van der Waals surface area contributed by atoms with Crippen LogP contribution in [0.1, 0.15) is 37.7 Å². The molecule has 0 saturated heterocycles. The lowest BCUT2D eigenvalue weighted by Gasteiger charge is -2.16. The van der Waals surface area contributed by atoms with Gasteiger partial charge in [-0.15, -0.1) is 0 Å². The van der Waals surface area contributed by atoms with Crippen molar-refractivity contribution in [1.29, 1.82) is 0 Å².